The molecule has 1 aliphatic rings. The van der Waals surface area contributed by atoms with Crippen LogP contribution in [0.4, 0.5) is 23.7 Å². The Balaban J connectivity index is 1.82. The number of rotatable bonds is 3. The van der Waals surface area contributed by atoms with Gasteiger partial charge >= 0.3 is 12.3 Å². The molecule has 8 heteroatoms. The molecular formula is C16H22F3N3O2. The molecule has 134 valence electrons. The summed E-state index contributed by atoms with van der Waals surface area (Å²) in [5.74, 6) is 0. The zero-order valence-electron chi connectivity index (χ0n) is 13.9. The Kier molecular flexibility index (Phi) is 5.25. The number of amides is 1. The molecular weight excluding hydrogens is 323 g/mol. The molecule has 0 radical (unpaired) electrons. The summed E-state index contributed by atoms with van der Waals surface area (Å²) in [5.41, 5.74) is -0.929. The first-order valence-corrected chi connectivity index (χ1v) is 7.82. The van der Waals surface area contributed by atoms with E-state index in [9.17, 15) is 18.0 Å². The molecule has 1 heterocycles. The van der Waals surface area contributed by atoms with Gasteiger partial charge in [-0.2, -0.15) is 13.2 Å². The summed E-state index contributed by atoms with van der Waals surface area (Å²) in [5, 5.41) is 5.96. The Bertz CT molecular complexity index is 567. The first kappa shape index (κ1) is 18.4. The molecule has 1 aromatic rings. The van der Waals surface area contributed by atoms with E-state index in [1.807, 2.05) is 0 Å². The minimum atomic E-state index is -4.44. The molecule has 1 aromatic heterocycles. The second kappa shape index (κ2) is 6.86. The summed E-state index contributed by atoms with van der Waals surface area (Å²) in [6.45, 7) is 5.38. The second-order valence-electron chi connectivity index (χ2n) is 6.93. The number of hydrogen-bond acceptors (Lipinski definition) is 4. The van der Waals surface area contributed by atoms with Crippen LogP contribution in [0, 0.1) is 0 Å². The minimum Gasteiger partial charge on any atom is -0.444 e. The lowest BCUT2D eigenvalue weighted by atomic mass is 10.2. The van der Waals surface area contributed by atoms with Gasteiger partial charge in [-0.3, -0.25) is 0 Å². The SMILES string of the molecule is CC(C)(C)OC(=O)NC1CCC(Nc2ccc(C(F)(F)F)nc2)C1. The number of aromatic nitrogens is 1. The standard InChI is InChI=1S/C16H22F3N3O2/c1-15(2,3)24-14(23)22-11-5-4-10(8-11)21-12-6-7-13(20-9-12)16(17,18)19/h6-7,9-11,21H,4-5,8H2,1-3H3,(H,22,23). The van der Waals surface area contributed by atoms with Crippen molar-refractivity contribution in [3.05, 3.63) is 24.0 Å². The van der Waals surface area contributed by atoms with Crippen molar-refractivity contribution in [3.8, 4) is 0 Å². The van der Waals surface area contributed by atoms with Gasteiger partial charge in [-0.25, -0.2) is 9.78 Å². The lowest BCUT2D eigenvalue weighted by Crippen LogP contribution is -2.38. The van der Waals surface area contributed by atoms with E-state index in [1.54, 1.807) is 20.8 Å². The highest BCUT2D eigenvalue weighted by Crippen LogP contribution is 2.29. The highest BCUT2D eigenvalue weighted by Gasteiger charge is 2.32. The second-order valence-corrected chi connectivity index (χ2v) is 6.93. The van der Waals surface area contributed by atoms with Gasteiger partial charge < -0.3 is 15.4 Å². The van der Waals surface area contributed by atoms with Crippen molar-refractivity contribution >= 4 is 11.8 Å². The number of ether oxygens (including phenoxy) is 1. The highest BCUT2D eigenvalue weighted by atomic mass is 19.4. The predicted octanol–water partition coefficient (Wildman–Crippen LogP) is 3.96. The number of nitrogens with zero attached hydrogens (tertiary/aromatic N) is 1. The van der Waals surface area contributed by atoms with Gasteiger partial charge in [-0.05, 0) is 52.2 Å². The van der Waals surface area contributed by atoms with Gasteiger partial charge in [-0.1, -0.05) is 0 Å². The Labute approximate surface area is 139 Å². The van der Waals surface area contributed by atoms with Crippen LogP contribution in [0.5, 0.6) is 0 Å². The van der Waals surface area contributed by atoms with E-state index in [0.29, 0.717) is 12.1 Å². The van der Waals surface area contributed by atoms with Crippen molar-refractivity contribution in [1.29, 1.82) is 0 Å². The van der Waals surface area contributed by atoms with Crippen molar-refractivity contribution in [3.63, 3.8) is 0 Å². The molecule has 0 aliphatic heterocycles. The van der Waals surface area contributed by atoms with Crippen molar-refractivity contribution in [2.75, 3.05) is 5.32 Å². The molecule has 2 rings (SSSR count). The van der Waals surface area contributed by atoms with Crippen LogP contribution in [0.2, 0.25) is 0 Å². The molecule has 2 N–H and O–H groups in total. The molecule has 2 unspecified atom stereocenters. The number of pyridine rings is 1. The Hall–Kier alpha value is -1.99. The normalized spacial score (nSPS) is 21.4. The third-order valence-corrected chi connectivity index (χ3v) is 3.58. The van der Waals surface area contributed by atoms with Gasteiger partial charge in [0.25, 0.3) is 0 Å². The maximum Gasteiger partial charge on any atom is 0.433 e. The molecule has 5 nitrogen and oxygen atoms in total. The van der Waals surface area contributed by atoms with Gasteiger partial charge in [0, 0.05) is 12.1 Å². The van der Waals surface area contributed by atoms with Crippen molar-refractivity contribution in [1.82, 2.24) is 10.3 Å². The Morgan fingerprint density at radius 3 is 2.42 bits per heavy atom. The maximum atomic E-state index is 12.5. The zero-order valence-corrected chi connectivity index (χ0v) is 13.9. The lowest BCUT2D eigenvalue weighted by molar-refractivity contribution is -0.141. The number of carbonyl (C=O) groups excluding carboxylic acids is 1. The molecule has 24 heavy (non-hydrogen) atoms. The average Bonchev–Trinajstić information content (AvgIpc) is 2.83. The number of nitrogens with one attached hydrogen (secondary N) is 2. The number of alkyl halides is 3. The van der Waals surface area contributed by atoms with E-state index in [-0.39, 0.29) is 12.1 Å². The van der Waals surface area contributed by atoms with Crippen LogP contribution in [0.15, 0.2) is 18.3 Å². The van der Waals surface area contributed by atoms with E-state index in [2.05, 4.69) is 15.6 Å². The smallest absolute Gasteiger partial charge is 0.433 e. The Morgan fingerprint density at radius 2 is 1.88 bits per heavy atom. The third-order valence-electron chi connectivity index (χ3n) is 3.58. The molecule has 2 atom stereocenters. The molecule has 0 saturated heterocycles. The largest absolute Gasteiger partial charge is 0.444 e. The molecule has 1 aliphatic carbocycles. The maximum absolute atomic E-state index is 12.5. The summed E-state index contributed by atoms with van der Waals surface area (Å²) in [7, 11) is 0. The molecule has 1 amide bonds. The average molecular weight is 345 g/mol. The van der Waals surface area contributed by atoms with Crippen LogP contribution < -0.4 is 10.6 Å². The van der Waals surface area contributed by atoms with E-state index < -0.39 is 23.6 Å². The van der Waals surface area contributed by atoms with E-state index >= 15 is 0 Å². The highest BCUT2D eigenvalue weighted by molar-refractivity contribution is 5.68. The Morgan fingerprint density at radius 1 is 1.21 bits per heavy atom. The fourth-order valence-electron chi connectivity index (χ4n) is 2.60. The van der Waals surface area contributed by atoms with Crippen LogP contribution >= 0.6 is 0 Å². The van der Waals surface area contributed by atoms with Gasteiger partial charge in [0.15, 0.2) is 0 Å². The monoisotopic (exact) mass is 345 g/mol. The van der Waals surface area contributed by atoms with Crippen LogP contribution in [-0.2, 0) is 10.9 Å². The quantitative estimate of drug-likeness (QED) is 0.870. The van der Waals surface area contributed by atoms with Gasteiger partial charge in [0.2, 0.25) is 0 Å². The molecule has 0 bridgehead atoms. The number of halogens is 3. The topological polar surface area (TPSA) is 63.2 Å². The first-order chi connectivity index (χ1) is 11.0. The summed E-state index contributed by atoms with van der Waals surface area (Å²) < 4.78 is 42.7. The van der Waals surface area contributed by atoms with Gasteiger partial charge in [0.05, 0.1) is 11.9 Å². The van der Waals surface area contributed by atoms with E-state index in [0.717, 1.165) is 18.9 Å². The summed E-state index contributed by atoms with van der Waals surface area (Å²) in [6.07, 6.45) is -1.44. The van der Waals surface area contributed by atoms with E-state index in [1.165, 1.54) is 12.3 Å². The number of hydrogen-bond donors (Lipinski definition) is 2. The minimum absolute atomic E-state index is 0.0141. The predicted molar refractivity (Wildman–Crippen MR) is 83.7 cm³/mol. The van der Waals surface area contributed by atoms with Crippen LogP contribution in [0.3, 0.4) is 0 Å². The first-order valence-electron chi connectivity index (χ1n) is 7.82. The number of carbonyl (C=O) groups is 1. The van der Waals surface area contributed by atoms with Crippen LogP contribution in [0.25, 0.3) is 0 Å². The zero-order chi connectivity index (χ0) is 18.0. The fourth-order valence-corrected chi connectivity index (χ4v) is 2.60. The summed E-state index contributed by atoms with van der Waals surface area (Å²) >= 11 is 0. The molecule has 1 fully saturated rings. The van der Waals surface area contributed by atoms with Crippen LogP contribution in [0.1, 0.15) is 45.7 Å². The van der Waals surface area contributed by atoms with Crippen LogP contribution in [-0.4, -0.2) is 28.8 Å². The molecule has 1 saturated carbocycles. The third kappa shape index (κ3) is 5.58. The number of anilines is 1. The fraction of sp³-hybridized carbons (Fsp3) is 0.625. The number of alkyl carbamates (subject to hydrolysis) is 1. The molecule has 0 spiro atoms. The van der Waals surface area contributed by atoms with Crippen molar-refractivity contribution in [2.24, 2.45) is 0 Å². The summed E-state index contributed by atoms with van der Waals surface area (Å²) in [4.78, 5) is 15.2. The lowest BCUT2D eigenvalue weighted by Gasteiger charge is -2.22. The molecule has 0 aromatic carbocycles. The van der Waals surface area contributed by atoms with Gasteiger partial charge in [0.1, 0.15) is 11.3 Å². The van der Waals surface area contributed by atoms with Crippen molar-refractivity contribution in [2.45, 2.75) is 63.9 Å². The van der Waals surface area contributed by atoms with E-state index in [4.69, 9.17) is 4.74 Å². The van der Waals surface area contributed by atoms with Gasteiger partial charge in [-0.15, -0.1) is 0 Å². The summed E-state index contributed by atoms with van der Waals surface area (Å²) in [6, 6.07) is 2.38. The van der Waals surface area contributed by atoms with Crippen molar-refractivity contribution < 1.29 is 22.7 Å².